The van der Waals surface area contributed by atoms with Gasteiger partial charge in [-0.15, -0.1) is 0 Å². The molecule has 19 heteroatoms. The molecule has 0 rings (SSSR count). The lowest BCUT2D eigenvalue weighted by Gasteiger charge is -2.21. The summed E-state index contributed by atoms with van der Waals surface area (Å²) in [5.74, 6) is -1.39. The molecule has 0 saturated heterocycles. The minimum atomic E-state index is -4.96. The van der Waals surface area contributed by atoms with Gasteiger partial charge in [-0.1, -0.05) is 375 Å². The minimum absolute atomic E-state index is 0.105. The van der Waals surface area contributed by atoms with E-state index in [2.05, 4.69) is 34.6 Å². The summed E-state index contributed by atoms with van der Waals surface area (Å²) in [5.41, 5.74) is 0. The Morgan fingerprint density at radius 3 is 0.687 bits per heavy atom. The number of aliphatic hydroxyl groups is 1. The maximum atomic E-state index is 13.1. The summed E-state index contributed by atoms with van der Waals surface area (Å²) >= 11 is 0. The van der Waals surface area contributed by atoms with Gasteiger partial charge in [0.15, 0.2) is 12.2 Å². The van der Waals surface area contributed by atoms with Crippen LogP contribution < -0.4 is 0 Å². The summed E-state index contributed by atoms with van der Waals surface area (Å²) in [7, 11) is -9.90. The van der Waals surface area contributed by atoms with E-state index in [1.807, 2.05) is 0 Å². The smallest absolute Gasteiger partial charge is 0.462 e. The van der Waals surface area contributed by atoms with Gasteiger partial charge in [-0.05, 0) is 31.6 Å². The number of carbonyl (C=O) groups is 4. The third-order valence-corrected chi connectivity index (χ3v) is 20.7. The second-order valence-corrected chi connectivity index (χ2v) is 32.2. The van der Waals surface area contributed by atoms with Gasteiger partial charge in [0.1, 0.15) is 19.3 Å². The Bertz CT molecular complexity index is 1890. The largest absolute Gasteiger partial charge is 0.472 e. The van der Waals surface area contributed by atoms with Gasteiger partial charge in [-0.3, -0.25) is 37.3 Å². The van der Waals surface area contributed by atoms with Crippen molar-refractivity contribution in [3.63, 3.8) is 0 Å². The van der Waals surface area contributed by atoms with Gasteiger partial charge in [-0.25, -0.2) is 9.13 Å². The molecule has 99 heavy (non-hydrogen) atoms. The minimum Gasteiger partial charge on any atom is -0.462 e. The van der Waals surface area contributed by atoms with Crippen LogP contribution in [-0.2, 0) is 65.4 Å². The van der Waals surface area contributed by atoms with Gasteiger partial charge in [-0.2, -0.15) is 0 Å². The van der Waals surface area contributed by atoms with Crippen molar-refractivity contribution in [3.8, 4) is 0 Å². The van der Waals surface area contributed by atoms with Crippen LogP contribution in [0.3, 0.4) is 0 Å². The van der Waals surface area contributed by atoms with Crippen molar-refractivity contribution in [2.24, 2.45) is 5.92 Å². The molecule has 0 spiro atoms. The van der Waals surface area contributed by atoms with Gasteiger partial charge in [0, 0.05) is 25.7 Å². The van der Waals surface area contributed by atoms with Crippen molar-refractivity contribution < 1.29 is 80.2 Å². The summed E-state index contributed by atoms with van der Waals surface area (Å²) in [5, 5.41) is 10.6. The Balaban J connectivity index is 5.10. The number of ether oxygens (including phenoxy) is 4. The fourth-order valence-corrected chi connectivity index (χ4v) is 14.0. The van der Waals surface area contributed by atoms with Crippen LogP contribution in [0.2, 0.25) is 0 Å². The van der Waals surface area contributed by atoms with Crippen LogP contribution in [0, 0.1) is 5.92 Å². The molecule has 0 saturated carbocycles. The zero-order chi connectivity index (χ0) is 72.7. The highest BCUT2D eigenvalue weighted by atomic mass is 31.2. The third-order valence-electron chi connectivity index (χ3n) is 18.8. The molecule has 0 amide bonds. The summed E-state index contributed by atoms with van der Waals surface area (Å²) in [6.45, 7) is 7.19. The maximum absolute atomic E-state index is 13.1. The number of rotatable bonds is 80. The predicted octanol–water partition coefficient (Wildman–Crippen LogP) is 24.0. The SMILES string of the molecule is CCCCCCCCCCCCCCCCCCCCCCCC(=O)OC[C@H](COP(=O)(O)OC[C@@H](O)COP(=O)(O)OC[C@@H](COC(=O)CCCCCCC)OC(=O)CCCCCCCCCCCC(C)C)OC(=O)CCCCCCCCCCCCCCCCCCCCCCC. The molecule has 0 aromatic carbocycles. The first-order valence-electron chi connectivity index (χ1n) is 41.6. The van der Waals surface area contributed by atoms with E-state index in [4.69, 9.17) is 37.0 Å². The Morgan fingerprint density at radius 2 is 0.465 bits per heavy atom. The van der Waals surface area contributed by atoms with E-state index in [-0.39, 0.29) is 25.7 Å². The van der Waals surface area contributed by atoms with Crippen molar-refractivity contribution >= 4 is 39.5 Å². The molecule has 0 aliphatic rings. The molecule has 0 radical (unpaired) electrons. The van der Waals surface area contributed by atoms with E-state index in [1.54, 1.807) is 0 Å². The Labute approximate surface area is 607 Å². The molecule has 0 aromatic heterocycles. The molecule has 0 aromatic rings. The van der Waals surface area contributed by atoms with Crippen LogP contribution in [0.25, 0.3) is 0 Å². The number of hydrogen-bond acceptors (Lipinski definition) is 15. The van der Waals surface area contributed by atoms with Crippen molar-refractivity contribution in [1.29, 1.82) is 0 Å². The standard InChI is InChI=1S/C80H156O17P2/c1-6-9-12-15-17-19-21-23-25-27-29-31-33-35-37-39-41-45-49-54-59-64-78(83)91-70-76(97-79(84)65-60-55-50-46-42-40-38-36-34-32-30-28-26-24-22-20-18-16-13-10-7-2)72-95-99(88,89)93-68-74(81)67-92-98(86,87)94-71-75(69-90-77(82)63-58-52-14-11-8-3)96-80(85)66-61-56-51-47-43-44-48-53-57-62-73(4)5/h73-76,81H,6-72H2,1-5H3,(H,86,87)(H,88,89)/t74-,75+,76+/m0/s1. The average molecular weight is 1450 g/mol. The van der Waals surface area contributed by atoms with Gasteiger partial charge in [0.25, 0.3) is 0 Å². The van der Waals surface area contributed by atoms with E-state index in [1.165, 1.54) is 244 Å². The highest BCUT2D eigenvalue weighted by molar-refractivity contribution is 7.47. The first-order valence-corrected chi connectivity index (χ1v) is 44.6. The van der Waals surface area contributed by atoms with Crippen molar-refractivity contribution in [2.75, 3.05) is 39.6 Å². The van der Waals surface area contributed by atoms with E-state index in [9.17, 15) is 43.2 Å². The maximum Gasteiger partial charge on any atom is 0.472 e. The van der Waals surface area contributed by atoms with Crippen LogP contribution in [0.5, 0.6) is 0 Å². The lowest BCUT2D eigenvalue weighted by atomic mass is 10.0. The number of aliphatic hydroxyl groups excluding tert-OH is 1. The fraction of sp³-hybridized carbons (Fsp3) is 0.950. The molecule has 0 bridgehead atoms. The fourth-order valence-electron chi connectivity index (χ4n) is 12.4. The number of esters is 4. The molecule has 0 heterocycles. The molecule has 5 atom stereocenters. The summed E-state index contributed by atoms with van der Waals surface area (Å²) in [6, 6.07) is 0. The van der Waals surface area contributed by atoms with Crippen LogP contribution >= 0.6 is 15.6 Å². The number of unbranched alkanes of at least 4 members (excludes halogenated alkanes) is 52. The quantitative estimate of drug-likeness (QED) is 0.0222. The van der Waals surface area contributed by atoms with Crippen LogP contribution in [0.1, 0.15) is 426 Å². The van der Waals surface area contributed by atoms with Crippen molar-refractivity contribution in [3.05, 3.63) is 0 Å². The summed E-state index contributed by atoms with van der Waals surface area (Å²) in [6.07, 6.45) is 64.6. The first kappa shape index (κ1) is 97.1. The zero-order valence-electron chi connectivity index (χ0n) is 64.6. The normalized spacial score (nSPS) is 13.9. The van der Waals surface area contributed by atoms with E-state index >= 15 is 0 Å². The zero-order valence-corrected chi connectivity index (χ0v) is 66.4. The topological polar surface area (TPSA) is 237 Å². The second kappa shape index (κ2) is 73.0. The molecule has 3 N–H and O–H groups in total. The molecule has 0 aliphatic heterocycles. The predicted molar refractivity (Wildman–Crippen MR) is 405 cm³/mol. The Morgan fingerprint density at radius 1 is 0.273 bits per heavy atom. The number of phosphoric acid groups is 2. The van der Waals surface area contributed by atoms with Crippen LogP contribution in [0.4, 0.5) is 0 Å². The molecule has 2 unspecified atom stereocenters. The lowest BCUT2D eigenvalue weighted by Crippen LogP contribution is -2.30. The average Bonchev–Trinajstić information content (AvgIpc) is 1.10. The highest BCUT2D eigenvalue weighted by Gasteiger charge is 2.30. The lowest BCUT2D eigenvalue weighted by molar-refractivity contribution is -0.161. The molecule has 17 nitrogen and oxygen atoms in total. The number of phosphoric ester groups is 2. The third kappa shape index (κ3) is 74.1. The van der Waals surface area contributed by atoms with Crippen molar-refractivity contribution in [1.82, 2.24) is 0 Å². The van der Waals surface area contributed by atoms with Crippen molar-refractivity contribution in [2.45, 2.75) is 445 Å². The monoisotopic (exact) mass is 1450 g/mol. The molecular weight excluding hydrogens is 1290 g/mol. The molecule has 0 fully saturated rings. The van der Waals surface area contributed by atoms with Gasteiger partial charge in [0.05, 0.1) is 26.4 Å². The summed E-state index contributed by atoms with van der Waals surface area (Å²) < 4.78 is 68.4. The van der Waals surface area contributed by atoms with Crippen LogP contribution in [0.15, 0.2) is 0 Å². The van der Waals surface area contributed by atoms with Gasteiger partial charge >= 0.3 is 39.5 Å². The van der Waals surface area contributed by atoms with Gasteiger partial charge < -0.3 is 33.8 Å². The second-order valence-electron chi connectivity index (χ2n) is 29.3. The Hall–Kier alpha value is -1.94. The Kier molecular flexibility index (Phi) is 71.6. The van der Waals surface area contributed by atoms with E-state index in [0.29, 0.717) is 25.7 Å². The number of carbonyl (C=O) groups excluding carboxylic acids is 4. The number of hydrogen-bond donors (Lipinski definition) is 3. The molecular formula is C80H156O17P2. The highest BCUT2D eigenvalue weighted by Crippen LogP contribution is 2.45. The van der Waals surface area contributed by atoms with Gasteiger partial charge in [0.2, 0.25) is 0 Å². The molecule has 588 valence electrons. The van der Waals surface area contributed by atoms with E-state index in [0.717, 1.165) is 102 Å². The van der Waals surface area contributed by atoms with Crippen LogP contribution in [-0.4, -0.2) is 96.7 Å². The summed E-state index contributed by atoms with van der Waals surface area (Å²) in [4.78, 5) is 72.6. The first-order chi connectivity index (χ1) is 48.0. The van der Waals surface area contributed by atoms with E-state index < -0.39 is 97.5 Å². The molecule has 0 aliphatic carbocycles.